The molecule has 2 heterocycles. The molecule has 3 nitrogen and oxygen atoms in total. The Morgan fingerprint density at radius 3 is 3.17 bits per heavy atom. The van der Waals surface area contributed by atoms with Crippen LogP contribution in [0.4, 0.5) is 0 Å². The van der Waals surface area contributed by atoms with Crippen molar-refractivity contribution in [2.24, 2.45) is 5.73 Å². The molecule has 3 heteroatoms. The van der Waals surface area contributed by atoms with E-state index in [4.69, 9.17) is 5.73 Å². The minimum atomic E-state index is -0.285. The maximum Gasteiger partial charge on any atom is 0.195 e. The number of carbonyl (C=O) groups is 1. The molecule has 0 amide bonds. The number of rotatable bonds is 0. The SMILES string of the molecule is Cc1cc2n(c1)CCC(N)C2=O. The quantitative estimate of drug-likeness (QED) is 0.614. The van der Waals surface area contributed by atoms with Crippen molar-refractivity contribution < 1.29 is 4.79 Å². The molecular weight excluding hydrogens is 152 g/mol. The number of carbonyl (C=O) groups excluding carboxylic acids is 1. The Bertz CT molecular complexity index is 327. The van der Waals surface area contributed by atoms with Gasteiger partial charge in [-0.05, 0) is 25.0 Å². The van der Waals surface area contributed by atoms with E-state index in [2.05, 4.69) is 0 Å². The first-order chi connectivity index (χ1) is 5.68. The van der Waals surface area contributed by atoms with E-state index in [0.29, 0.717) is 0 Å². The van der Waals surface area contributed by atoms with Crippen molar-refractivity contribution in [2.45, 2.75) is 25.9 Å². The second-order valence-corrected chi connectivity index (χ2v) is 3.36. The van der Waals surface area contributed by atoms with Gasteiger partial charge in [0.25, 0.3) is 0 Å². The van der Waals surface area contributed by atoms with Crippen LogP contribution in [-0.2, 0) is 6.54 Å². The molecule has 1 aromatic rings. The minimum Gasteiger partial charge on any atom is -0.345 e. The Hall–Kier alpha value is -1.09. The van der Waals surface area contributed by atoms with E-state index in [1.807, 2.05) is 23.8 Å². The van der Waals surface area contributed by atoms with Crippen LogP contribution in [-0.4, -0.2) is 16.4 Å². The van der Waals surface area contributed by atoms with E-state index >= 15 is 0 Å². The highest BCUT2D eigenvalue weighted by Gasteiger charge is 2.24. The molecule has 0 spiro atoms. The van der Waals surface area contributed by atoms with E-state index in [1.165, 1.54) is 0 Å². The van der Waals surface area contributed by atoms with Crippen LogP contribution >= 0.6 is 0 Å². The van der Waals surface area contributed by atoms with Crippen molar-refractivity contribution in [1.29, 1.82) is 0 Å². The summed E-state index contributed by atoms with van der Waals surface area (Å²) >= 11 is 0. The lowest BCUT2D eigenvalue weighted by Gasteiger charge is -2.19. The average molecular weight is 164 g/mol. The molecule has 0 fully saturated rings. The van der Waals surface area contributed by atoms with Crippen LogP contribution in [0.3, 0.4) is 0 Å². The molecule has 2 N–H and O–H groups in total. The summed E-state index contributed by atoms with van der Waals surface area (Å²) in [4.78, 5) is 11.5. The smallest absolute Gasteiger partial charge is 0.195 e. The van der Waals surface area contributed by atoms with E-state index in [-0.39, 0.29) is 11.8 Å². The van der Waals surface area contributed by atoms with Crippen molar-refractivity contribution in [3.05, 3.63) is 23.5 Å². The molecule has 1 atom stereocenters. The minimum absolute atomic E-state index is 0.0781. The number of aromatic nitrogens is 1. The lowest BCUT2D eigenvalue weighted by atomic mass is 10.0. The Labute approximate surface area is 71.2 Å². The fraction of sp³-hybridized carbons (Fsp3) is 0.444. The Morgan fingerprint density at radius 2 is 2.42 bits per heavy atom. The van der Waals surface area contributed by atoms with E-state index in [0.717, 1.165) is 24.2 Å². The molecule has 0 bridgehead atoms. The molecule has 0 saturated heterocycles. The van der Waals surface area contributed by atoms with Gasteiger partial charge < -0.3 is 10.3 Å². The monoisotopic (exact) mass is 164 g/mol. The first-order valence-corrected chi connectivity index (χ1v) is 4.15. The van der Waals surface area contributed by atoms with E-state index in [1.54, 1.807) is 0 Å². The van der Waals surface area contributed by atoms with Gasteiger partial charge >= 0.3 is 0 Å². The standard InChI is InChI=1S/C9H12N2O/c1-6-4-8-9(12)7(10)2-3-11(8)5-6/h4-5,7H,2-3,10H2,1H3. The van der Waals surface area contributed by atoms with Crippen molar-refractivity contribution >= 4 is 5.78 Å². The van der Waals surface area contributed by atoms with Gasteiger partial charge in [-0.2, -0.15) is 0 Å². The zero-order chi connectivity index (χ0) is 8.72. The van der Waals surface area contributed by atoms with Crippen LogP contribution in [0.15, 0.2) is 12.3 Å². The van der Waals surface area contributed by atoms with Crippen LogP contribution in [0.1, 0.15) is 22.5 Å². The third-order valence-corrected chi connectivity index (χ3v) is 2.30. The Morgan fingerprint density at radius 1 is 1.67 bits per heavy atom. The fourth-order valence-electron chi connectivity index (χ4n) is 1.65. The number of ketones is 1. The summed E-state index contributed by atoms with van der Waals surface area (Å²) in [6.45, 7) is 2.86. The van der Waals surface area contributed by atoms with Crippen molar-refractivity contribution in [1.82, 2.24) is 4.57 Å². The number of Topliss-reactive ketones (excluding diaryl/α,β-unsaturated/α-hetero) is 1. The summed E-state index contributed by atoms with van der Waals surface area (Å²) in [5, 5.41) is 0. The van der Waals surface area contributed by atoms with Gasteiger partial charge in [-0.1, -0.05) is 0 Å². The van der Waals surface area contributed by atoms with Gasteiger partial charge in [0, 0.05) is 12.7 Å². The normalized spacial score (nSPS) is 22.5. The fourth-order valence-corrected chi connectivity index (χ4v) is 1.65. The average Bonchev–Trinajstić information content (AvgIpc) is 2.39. The third-order valence-electron chi connectivity index (χ3n) is 2.30. The van der Waals surface area contributed by atoms with Gasteiger partial charge in [-0.15, -0.1) is 0 Å². The van der Waals surface area contributed by atoms with Crippen molar-refractivity contribution in [3.8, 4) is 0 Å². The molecular formula is C9H12N2O. The van der Waals surface area contributed by atoms with E-state index < -0.39 is 0 Å². The van der Waals surface area contributed by atoms with Crippen LogP contribution < -0.4 is 5.73 Å². The van der Waals surface area contributed by atoms with Gasteiger partial charge in [0.15, 0.2) is 5.78 Å². The zero-order valence-corrected chi connectivity index (χ0v) is 7.08. The zero-order valence-electron chi connectivity index (χ0n) is 7.08. The molecule has 1 aliphatic rings. The second-order valence-electron chi connectivity index (χ2n) is 3.36. The molecule has 0 aromatic carbocycles. The van der Waals surface area contributed by atoms with Gasteiger partial charge in [-0.3, -0.25) is 4.79 Å². The highest BCUT2D eigenvalue weighted by atomic mass is 16.1. The molecule has 0 radical (unpaired) electrons. The maximum atomic E-state index is 11.5. The largest absolute Gasteiger partial charge is 0.345 e. The Balaban J connectivity index is 2.48. The lowest BCUT2D eigenvalue weighted by Crippen LogP contribution is -2.37. The van der Waals surface area contributed by atoms with Gasteiger partial charge in [0.1, 0.15) is 0 Å². The highest BCUT2D eigenvalue weighted by Crippen LogP contribution is 2.16. The molecule has 0 aliphatic carbocycles. The van der Waals surface area contributed by atoms with Gasteiger partial charge in [0.2, 0.25) is 0 Å². The first kappa shape index (κ1) is 7.55. The lowest BCUT2D eigenvalue weighted by molar-refractivity contribution is 0.0929. The number of hydrogen-bond donors (Lipinski definition) is 1. The van der Waals surface area contributed by atoms with Gasteiger partial charge in [0.05, 0.1) is 11.7 Å². The summed E-state index contributed by atoms with van der Waals surface area (Å²) in [6, 6.07) is 1.62. The number of aryl methyl sites for hydroxylation is 2. The second kappa shape index (κ2) is 2.45. The summed E-state index contributed by atoms with van der Waals surface area (Å²) in [7, 11) is 0. The van der Waals surface area contributed by atoms with Crippen LogP contribution in [0, 0.1) is 6.92 Å². The summed E-state index contributed by atoms with van der Waals surface area (Å²) < 4.78 is 1.99. The predicted molar refractivity (Wildman–Crippen MR) is 46.1 cm³/mol. The van der Waals surface area contributed by atoms with Crippen molar-refractivity contribution in [2.75, 3.05) is 0 Å². The summed E-state index contributed by atoms with van der Waals surface area (Å²) in [5.74, 6) is 0.0781. The number of nitrogens with two attached hydrogens (primary N) is 1. The molecule has 1 unspecified atom stereocenters. The molecule has 64 valence electrons. The summed E-state index contributed by atoms with van der Waals surface area (Å²) in [6.07, 6.45) is 2.76. The third kappa shape index (κ3) is 0.975. The number of hydrogen-bond acceptors (Lipinski definition) is 2. The molecule has 1 aliphatic heterocycles. The van der Waals surface area contributed by atoms with Crippen LogP contribution in [0.2, 0.25) is 0 Å². The topological polar surface area (TPSA) is 48.0 Å². The first-order valence-electron chi connectivity index (χ1n) is 4.15. The maximum absolute atomic E-state index is 11.5. The van der Waals surface area contributed by atoms with Crippen LogP contribution in [0.5, 0.6) is 0 Å². The van der Waals surface area contributed by atoms with Gasteiger partial charge in [-0.25, -0.2) is 0 Å². The molecule has 12 heavy (non-hydrogen) atoms. The number of nitrogens with zero attached hydrogens (tertiary/aromatic N) is 1. The Kier molecular flexibility index (Phi) is 1.54. The molecule has 0 saturated carbocycles. The van der Waals surface area contributed by atoms with E-state index in [9.17, 15) is 4.79 Å². The predicted octanol–water partition coefficient (Wildman–Crippen LogP) is 0.710. The number of fused-ring (bicyclic) bond motifs is 1. The molecule has 1 aromatic heterocycles. The highest BCUT2D eigenvalue weighted by molar-refractivity contribution is 5.99. The summed E-state index contributed by atoms with van der Waals surface area (Å²) in [5.41, 5.74) is 7.54. The van der Waals surface area contributed by atoms with Crippen LogP contribution in [0.25, 0.3) is 0 Å². The van der Waals surface area contributed by atoms with Crippen molar-refractivity contribution in [3.63, 3.8) is 0 Å². The molecule has 2 rings (SSSR count).